The molecule has 48 heavy (non-hydrogen) atoms. The molecule has 0 saturated carbocycles. The van der Waals surface area contributed by atoms with Gasteiger partial charge >= 0.3 is 11.9 Å². The maximum atomic E-state index is 12.7. The van der Waals surface area contributed by atoms with Crippen molar-refractivity contribution in [1.82, 2.24) is 5.32 Å². The van der Waals surface area contributed by atoms with E-state index in [0.717, 1.165) is 70.6 Å². The summed E-state index contributed by atoms with van der Waals surface area (Å²) in [5.41, 5.74) is 5.47. The van der Waals surface area contributed by atoms with Crippen LogP contribution < -0.4 is 11.1 Å². The van der Waals surface area contributed by atoms with Crippen LogP contribution in [0.2, 0.25) is 0 Å². The number of nitrogens with two attached hydrogens (primary N) is 1. The zero-order valence-electron chi connectivity index (χ0n) is 30.8. The summed E-state index contributed by atoms with van der Waals surface area (Å²) in [4.78, 5) is 36.2. The van der Waals surface area contributed by atoms with Crippen LogP contribution in [0.3, 0.4) is 0 Å². The highest BCUT2D eigenvalue weighted by Gasteiger charge is 2.19. The van der Waals surface area contributed by atoms with E-state index in [1.807, 2.05) is 6.08 Å². The first-order valence-corrected chi connectivity index (χ1v) is 19.5. The Labute approximate surface area is 294 Å². The van der Waals surface area contributed by atoms with E-state index >= 15 is 0 Å². The number of aliphatic carboxylic acids is 1. The average Bonchev–Trinajstić information content (AvgIpc) is 3.07. The lowest BCUT2D eigenvalue weighted by molar-refractivity contribution is -0.147. The van der Waals surface area contributed by atoms with Crippen LogP contribution in [-0.4, -0.2) is 41.6 Å². The number of rotatable bonds is 34. The Morgan fingerprint density at radius 3 is 1.83 bits per heavy atom. The molecule has 2 unspecified atom stereocenters. The quantitative estimate of drug-likeness (QED) is 0.0356. The second kappa shape index (κ2) is 35.6. The van der Waals surface area contributed by atoms with Crippen molar-refractivity contribution in [1.29, 1.82) is 0 Å². The summed E-state index contributed by atoms with van der Waals surface area (Å²) in [6.07, 6.45) is 41.7. The molecule has 0 aromatic carbocycles. The molecule has 1 amide bonds. The summed E-state index contributed by atoms with van der Waals surface area (Å²) in [6.45, 7) is 4.79. The first-order chi connectivity index (χ1) is 23.4. The fraction of sp³-hybridized carbons (Fsp3) is 0.732. The van der Waals surface area contributed by atoms with Crippen molar-refractivity contribution >= 4 is 17.8 Å². The van der Waals surface area contributed by atoms with E-state index in [4.69, 9.17) is 10.5 Å². The Hall–Kier alpha value is -2.67. The summed E-state index contributed by atoms with van der Waals surface area (Å²) in [5, 5.41) is 11.9. The zero-order valence-corrected chi connectivity index (χ0v) is 30.8. The topological polar surface area (TPSA) is 119 Å². The summed E-state index contributed by atoms with van der Waals surface area (Å²) in [7, 11) is 0. The molecule has 4 N–H and O–H groups in total. The van der Waals surface area contributed by atoms with Crippen LogP contribution in [0.25, 0.3) is 0 Å². The van der Waals surface area contributed by atoms with Gasteiger partial charge in [-0.2, -0.15) is 0 Å². The highest BCUT2D eigenvalue weighted by atomic mass is 16.5. The number of unbranched alkanes of at least 4 members (excludes halogenated alkanes) is 14. The molecule has 0 spiro atoms. The van der Waals surface area contributed by atoms with Crippen molar-refractivity contribution < 1.29 is 24.2 Å². The van der Waals surface area contributed by atoms with Crippen molar-refractivity contribution in [2.45, 2.75) is 187 Å². The van der Waals surface area contributed by atoms with Gasteiger partial charge in [-0.25, -0.2) is 4.79 Å². The molecule has 2 atom stereocenters. The van der Waals surface area contributed by atoms with E-state index in [0.29, 0.717) is 38.6 Å². The standard InChI is InChI=1S/C41H72N2O5/c1-3-5-7-9-11-13-14-15-16-17-18-19-21-23-29-35-40(45)48-37(31-26-22-20-12-10-8-6-4-2)32-27-24-25-28-34-39(44)43-38(41(46)47)33-30-36-42/h6,8,12,15-16,20,26,31,37-38H,3-5,7,9-11,13-14,17-19,21-25,27-30,32-36,42H2,1-2H3,(H,43,44)(H,46,47)/b8-6-,16-15-,20-12-,31-26-. The van der Waals surface area contributed by atoms with Gasteiger partial charge in [-0.05, 0) is 96.1 Å². The van der Waals surface area contributed by atoms with Gasteiger partial charge in [0, 0.05) is 12.8 Å². The van der Waals surface area contributed by atoms with Gasteiger partial charge in [0.05, 0.1) is 0 Å². The van der Waals surface area contributed by atoms with Crippen molar-refractivity contribution in [3.63, 3.8) is 0 Å². The number of hydrogen-bond donors (Lipinski definition) is 3. The van der Waals surface area contributed by atoms with Gasteiger partial charge in [0.2, 0.25) is 5.91 Å². The van der Waals surface area contributed by atoms with E-state index in [9.17, 15) is 19.5 Å². The lowest BCUT2D eigenvalue weighted by Gasteiger charge is -2.15. The SMILES string of the molecule is CC/C=C\C/C=C\C/C=C\C(CCCCCCC(=O)NC(CCCN)C(=O)O)OC(=O)CCCCCCC/C=C\CCCCCCCC. The fourth-order valence-corrected chi connectivity index (χ4v) is 5.44. The van der Waals surface area contributed by atoms with Crippen LogP contribution in [0, 0.1) is 0 Å². The Balaban J connectivity index is 4.36. The Bertz CT molecular complexity index is 895. The minimum Gasteiger partial charge on any atom is -0.480 e. The van der Waals surface area contributed by atoms with Gasteiger partial charge in [-0.3, -0.25) is 9.59 Å². The van der Waals surface area contributed by atoms with Gasteiger partial charge in [0.25, 0.3) is 0 Å². The van der Waals surface area contributed by atoms with Crippen molar-refractivity contribution in [3.8, 4) is 0 Å². The molecule has 0 aliphatic rings. The monoisotopic (exact) mass is 673 g/mol. The molecule has 7 nitrogen and oxygen atoms in total. The third kappa shape index (κ3) is 31.9. The molecule has 276 valence electrons. The number of carbonyl (C=O) groups is 3. The first-order valence-electron chi connectivity index (χ1n) is 19.5. The predicted molar refractivity (Wildman–Crippen MR) is 202 cm³/mol. The van der Waals surface area contributed by atoms with E-state index in [-0.39, 0.29) is 18.0 Å². The minimum absolute atomic E-state index is 0.123. The maximum absolute atomic E-state index is 12.7. The van der Waals surface area contributed by atoms with Crippen LogP contribution in [0.5, 0.6) is 0 Å². The predicted octanol–water partition coefficient (Wildman–Crippen LogP) is 10.4. The molecule has 0 aliphatic carbocycles. The number of hydrogen-bond acceptors (Lipinski definition) is 5. The molecule has 0 fully saturated rings. The number of carboxylic acids is 1. The number of carboxylic acid groups (broad SMARTS) is 1. The van der Waals surface area contributed by atoms with Crippen LogP contribution in [0.1, 0.15) is 174 Å². The first kappa shape index (κ1) is 45.3. The van der Waals surface area contributed by atoms with E-state index < -0.39 is 12.0 Å². The van der Waals surface area contributed by atoms with Gasteiger partial charge in [-0.1, -0.05) is 121 Å². The molecule has 0 bridgehead atoms. The van der Waals surface area contributed by atoms with Crippen molar-refractivity contribution in [3.05, 3.63) is 48.6 Å². The molecule has 0 aliphatic heterocycles. The van der Waals surface area contributed by atoms with E-state index in [1.54, 1.807) is 0 Å². The van der Waals surface area contributed by atoms with Crippen molar-refractivity contribution in [2.24, 2.45) is 5.73 Å². The third-order valence-electron chi connectivity index (χ3n) is 8.36. The largest absolute Gasteiger partial charge is 0.480 e. The smallest absolute Gasteiger partial charge is 0.326 e. The number of esters is 1. The average molecular weight is 673 g/mol. The van der Waals surface area contributed by atoms with Gasteiger partial charge < -0.3 is 20.9 Å². The lowest BCUT2D eigenvalue weighted by atomic mass is 10.1. The normalized spacial score (nSPS) is 13.2. The summed E-state index contributed by atoms with van der Waals surface area (Å²) in [5.74, 6) is -1.38. The summed E-state index contributed by atoms with van der Waals surface area (Å²) >= 11 is 0. The fourth-order valence-electron chi connectivity index (χ4n) is 5.44. The Morgan fingerprint density at radius 1 is 0.646 bits per heavy atom. The van der Waals surface area contributed by atoms with Gasteiger partial charge in [0.1, 0.15) is 12.1 Å². The Kier molecular flexibility index (Phi) is 33.7. The maximum Gasteiger partial charge on any atom is 0.326 e. The lowest BCUT2D eigenvalue weighted by Crippen LogP contribution is -2.40. The summed E-state index contributed by atoms with van der Waals surface area (Å²) in [6, 6.07) is -0.877. The number of allylic oxidation sites excluding steroid dienone is 7. The van der Waals surface area contributed by atoms with Crippen molar-refractivity contribution in [2.75, 3.05) is 6.54 Å². The summed E-state index contributed by atoms with van der Waals surface area (Å²) < 4.78 is 5.87. The number of carbonyl (C=O) groups excluding carboxylic acids is 2. The highest BCUT2D eigenvalue weighted by Crippen LogP contribution is 2.15. The molecular weight excluding hydrogens is 600 g/mol. The second-order valence-corrected chi connectivity index (χ2v) is 13.0. The Morgan fingerprint density at radius 2 is 1.21 bits per heavy atom. The van der Waals surface area contributed by atoms with Crippen LogP contribution in [0.4, 0.5) is 0 Å². The van der Waals surface area contributed by atoms with Gasteiger partial charge in [-0.15, -0.1) is 0 Å². The molecule has 0 aromatic heterocycles. The van der Waals surface area contributed by atoms with Crippen LogP contribution >= 0.6 is 0 Å². The van der Waals surface area contributed by atoms with Crippen LogP contribution in [0.15, 0.2) is 48.6 Å². The molecule has 0 aromatic rings. The third-order valence-corrected chi connectivity index (χ3v) is 8.36. The zero-order chi connectivity index (χ0) is 35.3. The van der Waals surface area contributed by atoms with E-state index in [1.165, 1.54) is 57.8 Å². The number of amides is 1. The number of nitrogens with one attached hydrogen (secondary N) is 1. The minimum atomic E-state index is -1.02. The molecule has 0 saturated heterocycles. The van der Waals surface area contributed by atoms with Gasteiger partial charge in [0.15, 0.2) is 0 Å². The second-order valence-electron chi connectivity index (χ2n) is 13.0. The molecule has 0 radical (unpaired) electrons. The molecule has 0 rings (SSSR count). The highest BCUT2D eigenvalue weighted by molar-refractivity contribution is 5.83. The molecule has 0 heterocycles. The van der Waals surface area contributed by atoms with E-state index in [2.05, 4.69) is 61.7 Å². The van der Waals surface area contributed by atoms with Crippen LogP contribution in [-0.2, 0) is 19.1 Å². The molecular formula is C41H72N2O5. The molecule has 7 heteroatoms. The number of ether oxygens (including phenoxy) is 1.